The highest BCUT2D eigenvalue weighted by Gasteiger charge is 2.06. The number of nitrogens with one attached hydrogen (secondary N) is 2. The number of aromatic nitrogens is 1. The monoisotopic (exact) mass is 379 g/mol. The molecular weight excluding hydrogens is 366 g/mol. The first-order valence-corrected chi connectivity index (χ1v) is 8.13. The highest BCUT2D eigenvalue weighted by Crippen LogP contribution is 2.19. The van der Waals surface area contributed by atoms with Crippen molar-refractivity contribution in [2.24, 2.45) is 0 Å². The first kappa shape index (κ1) is 16.4. The second-order valence-corrected chi connectivity index (χ2v) is 6.27. The van der Waals surface area contributed by atoms with Gasteiger partial charge in [-0.15, -0.1) is 11.3 Å². The van der Waals surface area contributed by atoms with Crippen LogP contribution in [0.4, 0.5) is 5.69 Å². The summed E-state index contributed by atoms with van der Waals surface area (Å²) in [5.74, 6) is -0.612. The molecule has 0 saturated heterocycles. The summed E-state index contributed by atoms with van der Waals surface area (Å²) >= 11 is 4.80. The third-order valence-electron chi connectivity index (χ3n) is 2.71. The maximum absolute atomic E-state index is 11.8. The van der Waals surface area contributed by atoms with E-state index in [9.17, 15) is 9.59 Å². The fourth-order valence-corrected chi connectivity index (χ4v) is 2.66. The molecule has 0 saturated carbocycles. The Morgan fingerprint density at radius 1 is 1.41 bits per heavy atom. The minimum atomic E-state index is -0.335. The molecule has 0 bridgehead atoms. The van der Waals surface area contributed by atoms with Gasteiger partial charge in [0.15, 0.2) is 0 Å². The highest BCUT2D eigenvalue weighted by atomic mass is 79.9. The number of nitrogens with zero attached hydrogens (tertiary/aromatic N) is 1. The van der Waals surface area contributed by atoms with E-state index in [1.165, 1.54) is 17.4 Å². The maximum atomic E-state index is 11.8. The Bertz CT molecular complexity index is 699. The smallest absolute Gasteiger partial charge is 0.244 e. The van der Waals surface area contributed by atoms with Gasteiger partial charge < -0.3 is 10.6 Å². The van der Waals surface area contributed by atoms with Crippen molar-refractivity contribution in [2.45, 2.75) is 6.92 Å². The van der Waals surface area contributed by atoms with Crippen LogP contribution < -0.4 is 10.6 Å². The second-order valence-electron chi connectivity index (χ2n) is 4.43. The van der Waals surface area contributed by atoms with Crippen molar-refractivity contribution in [2.75, 3.05) is 11.9 Å². The first-order valence-electron chi connectivity index (χ1n) is 6.46. The summed E-state index contributed by atoms with van der Waals surface area (Å²) in [6, 6.07) is 5.56. The molecule has 2 rings (SSSR count). The van der Waals surface area contributed by atoms with Crippen LogP contribution in [0.2, 0.25) is 0 Å². The Morgan fingerprint density at radius 3 is 2.91 bits per heavy atom. The summed E-state index contributed by atoms with van der Waals surface area (Å²) in [7, 11) is 0. The molecule has 2 aromatic rings. The number of hydrogen-bond donors (Lipinski definition) is 2. The number of hydrogen-bond acceptors (Lipinski definition) is 4. The average Bonchev–Trinajstić information content (AvgIpc) is 2.99. The lowest BCUT2D eigenvalue weighted by atomic mass is 10.2. The van der Waals surface area contributed by atoms with Gasteiger partial charge in [0.25, 0.3) is 0 Å². The number of aryl methyl sites for hydroxylation is 1. The summed E-state index contributed by atoms with van der Waals surface area (Å²) in [5, 5.41) is 7.85. The van der Waals surface area contributed by atoms with Crippen LogP contribution in [-0.2, 0) is 9.59 Å². The summed E-state index contributed by atoms with van der Waals surface area (Å²) in [5.41, 5.74) is 1.67. The lowest BCUT2D eigenvalue weighted by Crippen LogP contribution is -2.31. The van der Waals surface area contributed by atoms with Crippen LogP contribution in [0.15, 0.2) is 40.3 Å². The molecule has 1 heterocycles. The summed E-state index contributed by atoms with van der Waals surface area (Å²) < 4.78 is 0.948. The van der Waals surface area contributed by atoms with E-state index in [4.69, 9.17) is 0 Å². The van der Waals surface area contributed by atoms with Crippen molar-refractivity contribution >= 4 is 50.8 Å². The number of anilines is 1. The van der Waals surface area contributed by atoms with Crippen LogP contribution in [0.1, 0.15) is 10.6 Å². The van der Waals surface area contributed by atoms with Gasteiger partial charge in [-0.2, -0.15) is 0 Å². The van der Waals surface area contributed by atoms with Crippen molar-refractivity contribution in [3.63, 3.8) is 0 Å². The minimum Gasteiger partial charge on any atom is -0.343 e. The van der Waals surface area contributed by atoms with E-state index in [-0.39, 0.29) is 18.4 Å². The molecule has 5 nitrogen and oxygen atoms in total. The van der Waals surface area contributed by atoms with Gasteiger partial charge in [-0.05, 0) is 36.8 Å². The molecule has 0 radical (unpaired) electrons. The number of halogens is 1. The maximum Gasteiger partial charge on any atom is 0.244 e. The Hall–Kier alpha value is -1.99. The van der Waals surface area contributed by atoms with Crippen molar-refractivity contribution in [3.8, 4) is 0 Å². The minimum absolute atomic E-state index is 0.0868. The standard InChI is InChI=1S/C15H14BrN3O2S/c1-10-8-11(16)2-3-12(10)19-14(21)9-18-13(20)4-5-15-17-6-7-22-15/h2-8H,9H2,1H3,(H,18,20)(H,19,21)/b5-4+. The van der Waals surface area contributed by atoms with Crippen LogP contribution in [0.5, 0.6) is 0 Å². The number of thiazole rings is 1. The largest absolute Gasteiger partial charge is 0.343 e. The Labute approximate surface area is 140 Å². The molecule has 0 unspecified atom stereocenters. The SMILES string of the molecule is Cc1cc(Br)ccc1NC(=O)CNC(=O)/C=C/c1nccs1. The lowest BCUT2D eigenvalue weighted by molar-refractivity contribution is -0.121. The summed E-state index contributed by atoms with van der Waals surface area (Å²) in [6.45, 7) is 1.81. The van der Waals surface area contributed by atoms with E-state index in [1.54, 1.807) is 12.3 Å². The molecule has 1 aromatic heterocycles. The van der Waals surface area contributed by atoms with E-state index in [1.807, 2.05) is 30.5 Å². The number of amides is 2. The van der Waals surface area contributed by atoms with Crippen LogP contribution in [0.3, 0.4) is 0 Å². The second kappa shape index (κ2) is 7.86. The van der Waals surface area contributed by atoms with Gasteiger partial charge >= 0.3 is 0 Å². The Balaban J connectivity index is 1.81. The third-order valence-corrected chi connectivity index (χ3v) is 3.95. The quantitative estimate of drug-likeness (QED) is 0.784. The lowest BCUT2D eigenvalue weighted by Gasteiger charge is -2.08. The van der Waals surface area contributed by atoms with Gasteiger partial charge in [-0.25, -0.2) is 4.98 Å². The van der Waals surface area contributed by atoms with Crippen LogP contribution >= 0.6 is 27.3 Å². The van der Waals surface area contributed by atoms with Crippen molar-refractivity contribution in [1.29, 1.82) is 0 Å². The van der Waals surface area contributed by atoms with Crippen molar-refractivity contribution in [3.05, 3.63) is 50.9 Å². The first-order chi connectivity index (χ1) is 10.5. The van der Waals surface area contributed by atoms with E-state index in [0.717, 1.165) is 20.7 Å². The van der Waals surface area contributed by atoms with Crippen molar-refractivity contribution < 1.29 is 9.59 Å². The van der Waals surface area contributed by atoms with Crippen LogP contribution in [-0.4, -0.2) is 23.3 Å². The zero-order valence-electron chi connectivity index (χ0n) is 11.8. The Morgan fingerprint density at radius 2 is 2.23 bits per heavy atom. The molecule has 0 aliphatic carbocycles. The number of carbonyl (C=O) groups excluding carboxylic acids is 2. The van der Waals surface area contributed by atoms with Gasteiger partial charge in [0.1, 0.15) is 5.01 Å². The number of benzene rings is 1. The van der Waals surface area contributed by atoms with Gasteiger partial charge in [-0.1, -0.05) is 15.9 Å². The van der Waals surface area contributed by atoms with E-state index in [0.29, 0.717) is 0 Å². The molecule has 2 N–H and O–H groups in total. The van der Waals surface area contributed by atoms with Gasteiger partial charge in [0.2, 0.25) is 11.8 Å². The number of rotatable bonds is 5. The molecule has 1 aromatic carbocycles. The van der Waals surface area contributed by atoms with E-state index >= 15 is 0 Å². The van der Waals surface area contributed by atoms with E-state index < -0.39 is 0 Å². The molecule has 0 atom stereocenters. The molecule has 0 aliphatic rings. The van der Waals surface area contributed by atoms with Crippen molar-refractivity contribution in [1.82, 2.24) is 10.3 Å². The molecule has 0 aliphatic heterocycles. The molecule has 22 heavy (non-hydrogen) atoms. The fraction of sp³-hybridized carbons (Fsp3) is 0.133. The molecule has 2 amide bonds. The van der Waals surface area contributed by atoms with Gasteiger partial charge in [0, 0.05) is 27.8 Å². The van der Waals surface area contributed by atoms with Crippen LogP contribution in [0.25, 0.3) is 6.08 Å². The summed E-state index contributed by atoms with van der Waals surface area (Å²) in [4.78, 5) is 27.4. The molecule has 0 fully saturated rings. The van der Waals surface area contributed by atoms with Crippen LogP contribution in [0, 0.1) is 6.92 Å². The fourth-order valence-electron chi connectivity index (χ4n) is 1.65. The van der Waals surface area contributed by atoms with Gasteiger partial charge in [-0.3, -0.25) is 9.59 Å². The molecule has 114 valence electrons. The highest BCUT2D eigenvalue weighted by molar-refractivity contribution is 9.10. The number of carbonyl (C=O) groups is 2. The Kier molecular flexibility index (Phi) is 5.85. The zero-order valence-corrected chi connectivity index (χ0v) is 14.2. The predicted molar refractivity (Wildman–Crippen MR) is 91.7 cm³/mol. The third kappa shape index (κ3) is 5.09. The zero-order chi connectivity index (χ0) is 15.9. The topological polar surface area (TPSA) is 71.1 Å². The molecule has 7 heteroatoms. The van der Waals surface area contributed by atoms with Gasteiger partial charge in [0.05, 0.1) is 6.54 Å². The molecular formula is C15H14BrN3O2S. The van der Waals surface area contributed by atoms with E-state index in [2.05, 4.69) is 31.5 Å². The summed E-state index contributed by atoms with van der Waals surface area (Å²) in [6.07, 6.45) is 4.63. The normalized spacial score (nSPS) is 10.6. The average molecular weight is 380 g/mol. The molecule has 0 spiro atoms. The predicted octanol–water partition coefficient (Wildman–Crippen LogP) is 2.98.